The molecule has 84 valence electrons. The molecule has 0 radical (unpaired) electrons. The molecule has 14 heavy (non-hydrogen) atoms. The fourth-order valence-corrected chi connectivity index (χ4v) is 1.16. The number of hydrogen-bond acceptors (Lipinski definition) is 3. The van der Waals surface area contributed by atoms with Crippen LogP contribution in [0.3, 0.4) is 0 Å². The maximum Gasteiger partial charge on any atom is 0.407 e. The standard InChI is InChI=1S/C9H20N2O3/c1-8(12)7-11(9(13)14)6-4-5-10(2)3/h8,12H,4-7H2,1-3H3,(H,13,14). The Labute approximate surface area is 84.9 Å². The predicted octanol–water partition coefficient (Wildman–Crippen LogP) is 0.299. The lowest BCUT2D eigenvalue weighted by molar-refractivity contribution is 0.103. The van der Waals surface area contributed by atoms with Crippen molar-refractivity contribution in [1.82, 2.24) is 9.80 Å². The van der Waals surface area contributed by atoms with Gasteiger partial charge in [-0.25, -0.2) is 4.79 Å². The molecule has 5 nitrogen and oxygen atoms in total. The van der Waals surface area contributed by atoms with Gasteiger partial charge in [-0.2, -0.15) is 0 Å². The maximum absolute atomic E-state index is 10.7. The zero-order valence-electron chi connectivity index (χ0n) is 9.10. The fraction of sp³-hybridized carbons (Fsp3) is 0.889. The van der Waals surface area contributed by atoms with Crippen LogP contribution in [0.15, 0.2) is 0 Å². The molecule has 0 saturated heterocycles. The Morgan fingerprint density at radius 2 is 1.93 bits per heavy atom. The van der Waals surface area contributed by atoms with E-state index in [4.69, 9.17) is 10.2 Å². The second kappa shape index (κ2) is 6.62. The minimum atomic E-state index is -0.968. The molecule has 0 bridgehead atoms. The van der Waals surface area contributed by atoms with Crippen LogP contribution in [0.2, 0.25) is 0 Å². The Kier molecular flexibility index (Phi) is 6.23. The van der Waals surface area contributed by atoms with Crippen LogP contribution in [0, 0.1) is 0 Å². The lowest BCUT2D eigenvalue weighted by Crippen LogP contribution is -2.37. The molecule has 0 aliphatic carbocycles. The Morgan fingerprint density at radius 1 is 1.36 bits per heavy atom. The molecule has 0 saturated carbocycles. The summed E-state index contributed by atoms with van der Waals surface area (Å²) in [4.78, 5) is 14.0. The predicted molar refractivity (Wildman–Crippen MR) is 54.4 cm³/mol. The van der Waals surface area contributed by atoms with Crippen molar-refractivity contribution in [3.63, 3.8) is 0 Å². The van der Waals surface area contributed by atoms with Gasteiger partial charge < -0.3 is 20.0 Å². The largest absolute Gasteiger partial charge is 0.465 e. The molecule has 5 heteroatoms. The topological polar surface area (TPSA) is 64.0 Å². The average molecular weight is 204 g/mol. The zero-order chi connectivity index (χ0) is 11.1. The van der Waals surface area contributed by atoms with Gasteiger partial charge in [0.1, 0.15) is 0 Å². The van der Waals surface area contributed by atoms with E-state index in [0.717, 1.165) is 13.0 Å². The quantitative estimate of drug-likeness (QED) is 0.653. The van der Waals surface area contributed by atoms with Gasteiger partial charge in [0.25, 0.3) is 0 Å². The van der Waals surface area contributed by atoms with Crippen molar-refractivity contribution in [3.8, 4) is 0 Å². The molecule has 0 aromatic carbocycles. The molecule has 1 atom stereocenters. The molecule has 1 amide bonds. The molecule has 0 aromatic heterocycles. The molecule has 0 spiro atoms. The van der Waals surface area contributed by atoms with Gasteiger partial charge in [0.15, 0.2) is 0 Å². The molecule has 2 N–H and O–H groups in total. The van der Waals surface area contributed by atoms with Crippen LogP contribution in [0.1, 0.15) is 13.3 Å². The second-order valence-electron chi connectivity index (χ2n) is 3.73. The Hall–Kier alpha value is -0.810. The van der Waals surface area contributed by atoms with Crippen molar-refractivity contribution < 1.29 is 15.0 Å². The number of carboxylic acid groups (broad SMARTS) is 1. The van der Waals surface area contributed by atoms with E-state index in [2.05, 4.69) is 0 Å². The summed E-state index contributed by atoms with van der Waals surface area (Å²) in [6.45, 7) is 3.09. The van der Waals surface area contributed by atoms with Crippen molar-refractivity contribution in [2.75, 3.05) is 33.7 Å². The van der Waals surface area contributed by atoms with Crippen molar-refractivity contribution in [3.05, 3.63) is 0 Å². The molecule has 0 fully saturated rings. The van der Waals surface area contributed by atoms with Gasteiger partial charge in [-0.3, -0.25) is 0 Å². The number of carbonyl (C=O) groups is 1. The Balaban J connectivity index is 3.80. The highest BCUT2D eigenvalue weighted by molar-refractivity contribution is 5.64. The van der Waals surface area contributed by atoms with E-state index in [-0.39, 0.29) is 6.54 Å². The summed E-state index contributed by atoms with van der Waals surface area (Å²) in [6, 6.07) is 0. The summed E-state index contributed by atoms with van der Waals surface area (Å²) in [7, 11) is 3.89. The Bertz CT molecular complexity index is 171. The molecule has 0 heterocycles. The van der Waals surface area contributed by atoms with Gasteiger partial charge in [0.05, 0.1) is 6.10 Å². The van der Waals surface area contributed by atoms with Crippen LogP contribution in [-0.2, 0) is 0 Å². The van der Waals surface area contributed by atoms with Crippen LogP contribution >= 0.6 is 0 Å². The summed E-state index contributed by atoms with van der Waals surface area (Å²) >= 11 is 0. The molecule has 0 aliphatic rings. The SMILES string of the molecule is CC(O)CN(CCCN(C)C)C(=O)O. The molecule has 0 aliphatic heterocycles. The highest BCUT2D eigenvalue weighted by Gasteiger charge is 2.13. The lowest BCUT2D eigenvalue weighted by atomic mass is 10.3. The molecular weight excluding hydrogens is 184 g/mol. The van der Waals surface area contributed by atoms with Gasteiger partial charge in [0.2, 0.25) is 0 Å². The number of amides is 1. The fourth-order valence-electron chi connectivity index (χ4n) is 1.16. The summed E-state index contributed by atoms with van der Waals surface area (Å²) < 4.78 is 0. The molecule has 1 unspecified atom stereocenters. The maximum atomic E-state index is 10.7. The first-order chi connectivity index (χ1) is 6.43. The van der Waals surface area contributed by atoms with Crippen molar-refractivity contribution in [2.24, 2.45) is 0 Å². The van der Waals surface area contributed by atoms with E-state index in [1.807, 2.05) is 19.0 Å². The van der Waals surface area contributed by atoms with Crippen LogP contribution in [0.4, 0.5) is 4.79 Å². The van der Waals surface area contributed by atoms with Crippen LogP contribution in [-0.4, -0.2) is 65.9 Å². The van der Waals surface area contributed by atoms with Gasteiger partial charge in [-0.15, -0.1) is 0 Å². The highest BCUT2D eigenvalue weighted by atomic mass is 16.4. The monoisotopic (exact) mass is 204 g/mol. The number of hydrogen-bond donors (Lipinski definition) is 2. The van der Waals surface area contributed by atoms with E-state index in [0.29, 0.717) is 6.54 Å². The molecule has 0 aromatic rings. The second-order valence-corrected chi connectivity index (χ2v) is 3.73. The number of nitrogens with zero attached hydrogens (tertiary/aromatic N) is 2. The number of aliphatic hydroxyl groups is 1. The highest BCUT2D eigenvalue weighted by Crippen LogP contribution is 1.96. The normalized spacial score (nSPS) is 12.9. The van der Waals surface area contributed by atoms with E-state index in [1.54, 1.807) is 6.92 Å². The summed E-state index contributed by atoms with van der Waals surface area (Å²) in [5, 5.41) is 17.9. The average Bonchev–Trinajstić information content (AvgIpc) is 2.00. The lowest BCUT2D eigenvalue weighted by Gasteiger charge is -2.21. The van der Waals surface area contributed by atoms with Crippen molar-refractivity contribution >= 4 is 6.09 Å². The summed E-state index contributed by atoms with van der Waals surface area (Å²) in [5.74, 6) is 0. The van der Waals surface area contributed by atoms with Crippen molar-refractivity contribution in [1.29, 1.82) is 0 Å². The smallest absolute Gasteiger partial charge is 0.407 e. The van der Waals surface area contributed by atoms with Gasteiger partial charge in [-0.05, 0) is 34.0 Å². The first-order valence-corrected chi connectivity index (χ1v) is 4.74. The number of aliphatic hydroxyl groups excluding tert-OH is 1. The third-order valence-electron chi connectivity index (χ3n) is 1.79. The van der Waals surface area contributed by atoms with Crippen molar-refractivity contribution in [2.45, 2.75) is 19.4 Å². The van der Waals surface area contributed by atoms with Crippen LogP contribution in [0.25, 0.3) is 0 Å². The van der Waals surface area contributed by atoms with Gasteiger partial charge in [0, 0.05) is 13.1 Å². The van der Waals surface area contributed by atoms with Crippen LogP contribution in [0.5, 0.6) is 0 Å². The van der Waals surface area contributed by atoms with Gasteiger partial charge >= 0.3 is 6.09 Å². The third-order valence-corrected chi connectivity index (χ3v) is 1.79. The molecular formula is C9H20N2O3. The molecule has 0 rings (SSSR count). The van der Waals surface area contributed by atoms with E-state index in [9.17, 15) is 4.79 Å². The minimum absolute atomic E-state index is 0.183. The number of rotatable bonds is 6. The van der Waals surface area contributed by atoms with E-state index in [1.165, 1.54) is 4.90 Å². The minimum Gasteiger partial charge on any atom is -0.465 e. The summed E-state index contributed by atoms with van der Waals surface area (Å²) in [5.41, 5.74) is 0. The zero-order valence-corrected chi connectivity index (χ0v) is 9.10. The van der Waals surface area contributed by atoms with E-state index < -0.39 is 12.2 Å². The van der Waals surface area contributed by atoms with Crippen LogP contribution < -0.4 is 0 Å². The van der Waals surface area contributed by atoms with E-state index >= 15 is 0 Å². The van der Waals surface area contributed by atoms with Gasteiger partial charge in [-0.1, -0.05) is 0 Å². The first-order valence-electron chi connectivity index (χ1n) is 4.74. The summed E-state index contributed by atoms with van der Waals surface area (Å²) in [6.07, 6.45) is -0.790. The first kappa shape index (κ1) is 13.2. The Morgan fingerprint density at radius 3 is 2.29 bits per heavy atom. The third kappa shape index (κ3) is 6.68.